The minimum absolute atomic E-state index is 0. The zero-order valence-electron chi connectivity index (χ0n) is 13.1. The summed E-state index contributed by atoms with van der Waals surface area (Å²) in [5.74, 6) is 0.231. The monoisotopic (exact) mass is 349 g/mol. The number of anilines is 1. The fraction of sp³-hybridized carbons (Fsp3) is 0.714. The Morgan fingerprint density at radius 2 is 2.05 bits per heavy atom. The number of piperidine rings is 1. The fourth-order valence-corrected chi connectivity index (χ4v) is 3.33. The van der Waals surface area contributed by atoms with Crippen LogP contribution in [0.4, 0.5) is 5.69 Å². The summed E-state index contributed by atoms with van der Waals surface area (Å²) in [4.78, 5) is 16.9. The molecule has 2 fully saturated rings. The van der Waals surface area contributed by atoms with Crippen LogP contribution in [-0.2, 0) is 11.8 Å². The molecule has 2 saturated heterocycles. The van der Waals surface area contributed by atoms with Crippen molar-refractivity contribution in [1.29, 1.82) is 0 Å². The SMILES string of the molecule is CNC1CCCN(C2CCN(c3cnn(C)c3)C2=O)C1.Cl.Cl. The quantitative estimate of drug-likeness (QED) is 0.886. The summed E-state index contributed by atoms with van der Waals surface area (Å²) in [5, 5.41) is 7.50. The molecule has 1 aromatic heterocycles. The molecule has 1 N–H and O–H groups in total. The molecule has 0 saturated carbocycles. The van der Waals surface area contributed by atoms with Crippen LogP contribution in [-0.4, -0.2) is 59.4 Å². The number of amides is 1. The Balaban J connectivity index is 0.00000121. The molecule has 6 nitrogen and oxygen atoms in total. The van der Waals surface area contributed by atoms with E-state index in [0.717, 1.165) is 31.7 Å². The van der Waals surface area contributed by atoms with Crippen molar-refractivity contribution in [3.8, 4) is 0 Å². The first-order valence-corrected chi connectivity index (χ1v) is 7.40. The van der Waals surface area contributed by atoms with Crippen molar-refractivity contribution in [2.75, 3.05) is 31.6 Å². The first kappa shape index (κ1) is 19.2. The van der Waals surface area contributed by atoms with Gasteiger partial charge in [-0.05, 0) is 32.9 Å². The van der Waals surface area contributed by atoms with Gasteiger partial charge < -0.3 is 10.2 Å². The van der Waals surface area contributed by atoms with Crippen LogP contribution in [0.25, 0.3) is 0 Å². The van der Waals surface area contributed by atoms with E-state index >= 15 is 0 Å². The average Bonchev–Trinajstić information content (AvgIpc) is 3.05. The lowest BCUT2D eigenvalue weighted by Crippen LogP contribution is -2.51. The van der Waals surface area contributed by atoms with Gasteiger partial charge in [-0.3, -0.25) is 14.4 Å². The summed E-state index contributed by atoms with van der Waals surface area (Å²) in [5.41, 5.74) is 0.919. The van der Waals surface area contributed by atoms with Gasteiger partial charge in [0.1, 0.15) is 0 Å². The number of hydrogen-bond donors (Lipinski definition) is 1. The molecule has 3 rings (SSSR count). The molecule has 2 unspecified atom stereocenters. The molecule has 0 aromatic carbocycles. The van der Waals surface area contributed by atoms with Gasteiger partial charge in [0.15, 0.2) is 0 Å². The third kappa shape index (κ3) is 3.74. The van der Waals surface area contributed by atoms with E-state index in [1.165, 1.54) is 12.8 Å². The van der Waals surface area contributed by atoms with Crippen molar-refractivity contribution >= 4 is 36.4 Å². The van der Waals surface area contributed by atoms with Crippen molar-refractivity contribution < 1.29 is 4.79 Å². The number of likely N-dealkylation sites (tertiary alicyclic amines) is 1. The Morgan fingerprint density at radius 1 is 1.27 bits per heavy atom. The van der Waals surface area contributed by atoms with Crippen LogP contribution in [0.3, 0.4) is 0 Å². The predicted molar refractivity (Wildman–Crippen MR) is 92.1 cm³/mol. The highest BCUT2D eigenvalue weighted by atomic mass is 35.5. The molecule has 8 heteroatoms. The summed E-state index contributed by atoms with van der Waals surface area (Å²) >= 11 is 0. The van der Waals surface area contributed by atoms with E-state index in [4.69, 9.17) is 0 Å². The normalized spacial score (nSPS) is 25.7. The van der Waals surface area contributed by atoms with Gasteiger partial charge in [0.2, 0.25) is 5.91 Å². The lowest BCUT2D eigenvalue weighted by atomic mass is 10.0. The van der Waals surface area contributed by atoms with Gasteiger partial charge in [0, 0.05) is 32.4 Å². The van der Waals surface area contributed by atoms with Crippen molar-refractivity contribution in [3.05, 3.63) is 12.4 Å². The van der Waals surface area contributed by atoms with Gasteiger partial charge in [-0.25, -0.2) is 0 Å². The van der Waals surface area contributed by atoms with Crippen LogP contribution >= 0.6 is 24.8 Å². The Kier molecular flexibility index (Phi) is 7.12. The molecule has 1 aromatic rings. The van der Waals surface area contributed by atoms with Gasteiger partial charge in [-0.1, -0.05) is 0 Å². The van der Waals surface area contributed by atoms with Crippen LogP contribution in [0.15, 0.2) is 12.4 Å². The molecule has 2 aliphatic rings. The lowest BCUT2D eigenvalue weighted by molar-refractivity contribution is -0.122. The molecular weight excluding hydrogens is 325 g/mol. The highest BCUT2D eigenvalue weighted by molar-refractivity contribution is 5.99. The summed E-state index contributed by atoms with van der Waals surface area (Å²) in [6.45, 7) is 2.82. The predicted octanol–water partition coefficient (Wildman–Crippen LogP) is 1.05. The molecule has 0 spiro atoms. The summed E-state index contributed by atoms with van der Waals surface area (Å²) < 4.78 is 1.74. The van der Waals surface area contributed by atoms with Crippen molar-refractivity contribution in [1.82, 2.24) is 20.0 Å². The highest BCUT2D eigenvalue weighted by Gasteiger charge is 2.38. The number of nitrogens with zero attached hydrogens (tertiary/aromatic N) is 4. The zero-order valence-corrected chi connectivity index (χ0v) is 14.7. The Hall–Kier alpha value is -0.820. The number of hydrogen-bond acceptors (Lipinski definition) is 4. The van der Waals surface area contributed by atoms with E-state index in [1.54, 1.807) is 10.9 Å². The molecule has 2 atom stereocenters. The molecule has 0 radical (unpaired) electrons. The van der Waals surface area contributed by atoms with Crippen LogP contribution in [0.5, 0.6) is 0 Å². The van der Waals surface area contributed by atoms with Gasteiger partial charge in [0.25, 0.3) is 0 Å². The largest absolute Gasteiger partial charge is 0.316 e. The average molecular weight is 350 g/mol. The smallest absolute Gasteiger partial charge is 0.244 e. The number of aromatic nitrogens is 2. The number of likely N-dealkylation sites (N-methyl/N-ethyl adjacent to an activating group) is 1. The van der Waals surface area contributed by atoms with Crippen LogP contribution in [0.2, 0.25) is 0 Å². The molecule has 0 bridgehead atoms. The fourth-order valence-electron chi connectivity index (χ4n) is 3.33. The van der Waals surface area contributed by atoms with Crippen molar-refractivity contribution in [3.63, 3.8) is 0 Å². The van der Waals surface area contributed by atoms with E-state index < -0.39 is 0 Å². The van der Waals surface area contributed by atoms with E-state index in [9.17, 15) is 4.79 Å². The Morgan fingerprint density at radius 3 is 2.68 bits per heavy atom. The van der Waals surface area contributed by atoms with Gasteiger partial charge in [-0.2, -0.15) is 5.10 Å². The zero-order chi connectivity index (χ0) is 14.1. The number of carbonyl (C=O) groups excluding carboxylic acids is 1. The third-order valence-electron chi connectivity index (χ3n) is 4.48. The Labute approximate surface area is 144 Å². The standard InChI is InChI=1S/C14H23N5O.2ClH/c1-15-11-4-3-6-18(9-11)13-5-7-19(14(13)20)12-8-16-17(2)10-12;;/h8,10-11,13,15H,3-7,9H2,1-2H3;2*1H. The first-order valence-electron chi connectivity index (χ1n) is 7.40. The van der Waals surface area contributed by atoms with Crippen molar-refractivity contribution in [2.45, 2.75) is 31.3 Å². The topological polar surface area (TPSA) is 53.4 Å². The maximum absolute atomic E-state index is 12.6. The second kappa shape index (κ2) is 8.15. The number of aryl methyl sites for hydroxylation is 1. The molecule has 1 amide bonds. The molecule has 22 heavy (non-hydrogen) atoms. The van der Waals surface area contributed by atoms with E-state index in [0.29, 0.717) is 6.04 Å². The van der Waals surface area contributed by atoms with Crippen LogP contribution in [0, 0.1) is 0 Å². The summed E-state index contributed by atoms with van der Waals surface area (Å²) in [6, 6.07) is 0.565. The minimum atomic E-state index is 0. The maximum Gasteiger partial charge on any atom is 0.244 e. The van der Waals surface area contributed by atoms with Crippen LogP contribution in [0.1, 0.15) is 19.3 Å². The first-order chi connectivity index (χ1) is 9.69. The summed E-state index contributed by atoms with van der Waals surface area (Å²) in [7, 11) is 3.89. The molecule has 0 aliphatic carbocycles. The van der Waals surface area contributed by atoms with Gasteiger partial charge in [0.05, 0.1) is 17.9 Å². The summed E-state index contributed by atoms with van der Waals surface area (Å²) in [6.07, 6.45) is 6.98. The third-order valence-corrected chi connectivity index (χ3v) is 4.48. The van der Waals surface area contributed by atoms with Gasteiger partial charge >= 0.3 is 0 Å². The highest BCUT2D eigenvalue weighted by Crippen LogP contribution is 2.25. The van der Waals surface area contributed by atoms with E-state index in [2.05, 4.69) is 15.3 Å². The number of nitrogens with one attached hydrogen (secondary N) is 1. The molecular formula is C14H25Cl2N5O. The second-order valence-corrected chi connectivity index (χ2v) is 5.79. The molecule has 126 valence electrons. The van der Waals surface area contributed by atoms with Crippen LogP contribution < -0.4 is 10.2 Å². The molecule has 3 heterocycles. The lowest BCUT2D eigenvalue weighted by Gasteiger charge is -2.35. The minimum Gasteiger partial charge on any atom is -0.316 e. The molecule has 2 aliphatic heterocycles. The number of rotatable bonds is 3. The second-order valence-electron chi connectivity index (χ2n) is 5.79. The van der Waals surface area contributed by atoms with Crippen molar-refractivity contribution in [2.24, 2.45) is 7.05 Å². The Bertz CT molecular complexity index is 495. The maximum atomic E-state index is 12.6. The number of halogens is 2. The van der Waals surface area contributed by atoms with E-state index in [1.807, 2.05) is 25.2 Å². The van der Waals surface area contributed by atoms with E-state index in [-0.39, 0.29) is 36.8 Å². The van der Waals surface area contributed by atoms with Gasteiger partial charge in [-0.15, -0.1) is 24.8 Å². The number of carbonyl (C=O) groups is 1.